The predicted molar refractivity (Wildman–Crippen MR) is 168 cm³/mol. The van der Waals surface area contributed by atoms with Crippen molar-refractivity contribution in [3.8, 4) is 0 Å². The topological polar surface area (TPSA) is 159 Å². The molecule has 3 amide bonds. The Hall–Kier alpha value is -4.72. The summed E-state index contributed by atoms with van der Waals surface area (Å²) in [6, 6.07) is 10.6. The van der Waals surface area contributed by atoms with Crippen molar-refractivity contribution >= 4 is 51.3 Å². The van der Waals surface area contributed by atoms with E-state index in [2.05, 4.69) is 0 Å². The van der Waals surface area contributed by atoms with Crippen LogP contribution in [0, 0.1) is 6.92 Å². The second kappa shape index (κ2) is 13.7. The average Bonchev–Trinajstić information content (AvgIpc) is 3.30. The van der Waals surface area contributed by atoms with Gasteiger partial charge in [-0.05, 0) is 66.7 Å². The average molecular weight is 658 g/mol. The van der Waals surface area contributed by atoms with Crippen LogP contribution in [0.2, 0.25) is 0 Å². The molecule has 248 valence electrons. The van der Waals surface area contributed by atoms with Crippen molar-refractivity contribution in [2.24, 2.45) is 0 Å². The van der Waals surface area contributed by atoms with Gasteiger partial charge in [-0.2, -0.15) is 4.31 Å². The number of nitrogens with zero attached hydrogens (tertiary/aromatic N) is 3. The van der Waals surface area contributed by atoms with Crippen LogP contribution >= 0.6 is 0 Å². The van der Waals surface area contributed by atoms with Gasteiger partial charge in [-0.1, -0.05) is 35.9 Å². The van der Waals surface area contributed by atoms with Crippen molar-refractivity contribution in [3.63, 3.8) is 0 Å². The van der Waals surface area contributed by atoms with Crippen LogP contribution in [0.4, 0.5) is 9.59 Å². The SMILES string of the molecule is COC(=O)[C@H](Cn1cc(C=O)c2ccccc21)N(C(=O)CN(C(=O)OC(C)(C)C)S(=O)(=O)c1ccc(C)cc1)C(=O)OC(C)(C)C. The van der Waals surface area contributed by atoms with E-state index in [0.717, 1.165) is 12.7 Å². The second-order valence-corrected chi connectivity index (χ2v) is 14.3. The zero-order valence-corrected chi connectivity index (χ0v) is 27.9. The van der Waals surface area contributed by atoms with E-state index < -0.39 is 64.4 Å². The molecule has 1 heterocycles. The monoisotopic (exact) mass is 657 g/mol. The predicted octanol–water partition coefficient (Wildman–Crippen LogP) is 4.69. The maximum absolute atomic E-state index is 14.1. The number of ether oxygens (including phenoxy) is 3. The largest absolute Gasteiger partial charge is 0.467 e. The lowest BCUT2D eigenvalue weighted by Crippen LogP contribution is -2.56. The van der Waals surface area contributed by atoms with Crippen LogP contribution in [-0.4, -0.2) is 83.4 Å². The molecule has 14 heteroatoms. The van der Waals surface area contributed by atoms with Gasteiger partial charge in [0.15, 0.2) is 12.3 Å². The van der Waals surface area contributed by atoms with E-state index in [-0.39, 0.29) is 14.8 Å². The van der Waals surface area contributed by atoms with Gasteiger partial charge in [-0.15, -0.1) is 0 Å². The highest BCUT2D eigenvalue weighted by Crippen LogP contribution is 2.24. The molecule has 0 radical (unpaired) electrons. The number of carbonyl (C=O) groups is 5. The van der Waals surface area contributed by atoms with Crippen molar-refractivity contribution in [2.75, 3.05) is 13.7 Å². The molecule has 3 aromatic rings. The van der Waals surface area contributed by atoms with E-state index in [0.29, 0.717) is 22.1 Å². The molecular weight excluding hydrogens is 618 g/mol. The number of sulfonamides is 1. The molecule has 0 spiro atoms. The van der Waals surface area contributed by atoms with E-state index in [1.165, 1.54) is 76.6 Å². The van der Waals surface area contributed by atoms with Crippen molar-refractivity contribution < 1.29 is 46.6 Å². The molecule has 1 aromatic heterocycles. The number of rotatable bonds is 9. The number of aryl methyl sites for hydroxylation is 1. The van der Waals surface area contributed by atoms with Crippen LogP contribution < -0.4 is 0 Å². The van der Waals surface area contributed by atoms with E-state index in [9.17, 15) is 32.4 Å². The van der Waals surface area contributed by atoms with Crippen LogP contribution in [0.15, 0.2) is 59.6 Å². The molecule has 0 unspecified atom stereocenters. The Morgan fingerprint density at radius 2 is 1.46 bits per heavy atom. The number of carbonyl (C=O) groups excluding carboxylic acids is 5. The number of para-hydroxylation sites is 1. The Morgan fingerprint density at radius 3 is 2.00 bits per heavy atom. The summed E-state index contributed by atoms with van der Waals surface area (Å²) in [6.07, 6.45) is -0.610. The first kappa shape index (κ1) is 35.8. The fraction of sp³-hybridized carbons (Fsp3) is 0.406. The summed E-state index contributed by atoms with van der Waals surface area (Å²) in [5.74, 6) is -2.33. The zero-order chi connectivity index (χ0) is 34.6. The zero-order valence-electron chi connectivity index (χ0n) is 27.1. The van der Waals surface area contributed by atoms with Crippen molar-refractivity contribution in [1.82, 2.24) is 13.8 Å². The van der Waals surface area contributed by atoms with Gasteiger partial charge >= 0.3 is 18.2 Å². The summed E-state index contributed by atoms with van der Waals surface area (Å²) >= 11 is 0. The van der Waals surface area contributed by atoms with Crippen molar-refractivity contribution in [2.45, 2.75) is 77.2 Å². The maximum atomic E-state index is 14.1. The number of methoxy groups -OCH3 is 1. The Labute approximate surface area is 268 Å². The molecule has 0 fully saturated rings. The third-order valence-electron chi connectivity index (χ3n) is 6.44. The van der Waals surface area contributed by atoms with Gasteiger partial charge in [0.05, 0.1) is 18.6 Å². The number of hydrogen-bond acceptors (Lipinski definition) is 10. The first-order valence-electron chi connectivity index (χ1n) is 14.3. The molecule has 13 nitrogen and oxygen atoms in total. The maximum Gasteiger partial charge on any atom is 0.424 e. The standard InChI is InChI=1S/C32H39N3O10S/c1-21-13-15-23(16-14-21)46(41,42)34(29(39)44-31(2,3)4)19-27(37)35(30(40)45-32(5,6)7)26(28(38)43-8)18-33-17-22(20-36)24-11-9-10-12-25(24)33/h9-17,20,26H,18-19H2,1-8H3/t26-/m0/s1. The third-order valence-corrected chi connectivity index (χ3v) is 8.17. The van der Waals surface area contributed by atoms with Gasteiger partial charge in [0, 0.05) is 22.7 Å². The lowest BCUT2D eigenvalue weighted by atomic mass is 10.2. The van der Waals surface area contributed by atoms with Crippen molar-refractivity contribution in [1.29, 1.82) is 0 Å². The molecule has 0 aliphatic heterocycles. The molecule has 0 N–H and O–H groups in total. The second-order valence-electron chi connectivity index (χ2n) is 12.5. The van der Waals surface area contributed by atoms with Gasteiger partial charge in [0.1, 0.15) is 17.7 Å². The van der Waals surface area contributed by atoms with E-state index in [1.807, 2.05) is 0 Å². The van der Waals surface area contributed by atoms with Crippen LogP contribution in [0.3, 0.4) is 0 Å². The Balaban J connectivity index is 2.16. The first-order valence-corrected chi connectivity index (χ1v) is 15.7. The lowest BCUT2D eigenvalue weighted by molar-refractivity contribution is -0.152. The fourth-order valence-electron chi connectivity index (χ4n) is 4.42. The number of hydrogen-bond donors (Lipinski definition) is 0. The smallest absolute Gasteiger partial charge is 0.424 e. The molecule has 46 heavy (non-hydrogen) atoms. The van der Waals surface area contributed by atoms with E-state index in [4.69, 9.17) is 14.2 Å². The summed E-state index contributed by atoms with van der Waals surface area (Å²) in [6.45, 7) is 9.24. The Kier molecular flexibility index (Phi) is 10.7. The minimum absolute atomic E-state index is 0.201. The molecule has 1 atom stereocenters. The van der Waals surface area contributed by atoms with Gasteiger partial charge in [-0.25, -0.2) is 27.7 Å². The van der Waals surface area contributed by atoms with Crippen LogP contribution in [0.1, 0.15) is 57.5 Å². The number of benzene rings is 2. The summed E-state index contributed by atoms with van der Waals surface area (Å²) in [5, 5.41) is 0.552. The molecule has 0 aliphatic carbocycles. The normalized spacial score (nSPS) is 12.6. The molecular formula is C32H39N3O10S. The summed E-state index contributed by atoms with van der Waals surface area (Å²) in [4.78, 5) is 66.2. The summed E-state index contributed by atoms with van der Waals surface area (Å²) in [5.41, 5.74) is -0.778. The van der Waals surface area contributed by atoms with Gasteiger partial charge in [-0.3, -0.25) is 9.59 Å². The first-order chi connectivity index (χ1) is 21.3. The Morgan fingerprint density at radius 1 is 0.891 bits per heavy atom. The molecule has 0 bridgehead atoms. The highest BCUT2D eigenvalue weighted by molar-refractivity contribution is 7.89. The highest BCUT2D eigenvalue weighted by atomic mass is 32.2. The van der Waals surface area contributed by atoms with E-state index in [1.54, 1.807) is 31.2 Å². The minimum Gasteiger partial charge on any atom is -0.467 e. The summed E-state index contributed by atoms with van der Waals surface area (Å²) in [7, 11) is -3.67. The fourth-order valence-corrected chi connectivity index (χ4v) is 5.66. The Bertz CT molecular complexity index is 1730. The number of fused-ring (bicyclic) bond motifs is 1. The molecule has 0 saturated heterocycles. The third kappa shape index (κ3) is 8.50. The lowest BCUT2D eigenvalue weighted by Gasteiger charge is -2.33. The van der Waals surface area contributed by atoms with Crippen LogP contribution in [0.25, 0.3) is 10.9 Å². The highest BCUT2D eigenvalue weighted by Gasteiger charge is 2.43. The van der Waals surface area contributed by atoms with Crippen molar-refractivity contribution in [3.05, 3.63) is 65.9 Å². The quantitative estimate of drug-likeness (QED) is 0.179. The minimum atomic E-state index is -4.72. The number of esters is 1. The molecule has 0 aliphatic rings. The summed E-state index contributed by atoms with van der Waals surface area (Å²) < 4.78 is 45.0. The molecule has 0 saturated carbocycles. The van der Waals surface area contributed by atoms with Crippen LogP contribution in [-0.2, 0) is 40.4 Å². The van der Waals surface area contributed by atoms with Gasteiger partial charge in [0.25, 0.3) is 15.9 Å². The number of aldehydes is 1. The number of imide groups is 1. The molecule has 2 aromatic carbocycles. The number of amides is 3. The van der Waals surface area contributed by atoms with Crippen LogP contribution in [0.5, 0.6) is 0 Å². The number of aromatic nitrogens is 1. The molecule has 3 rings (SSSR count). The van der Waals surface area contributed by atoms with Gasteiger partial charge in [0.2, 0.25) is 0 Å². The van der Waals surface area contributed by atoms with E-state index >= 15 is 0 Å². The van der Waals surface area contributed by atoms with Gasteiger partial charge < -0.3 is 18.8 Å².